The van der Waals surface area contributed by atoms with Crippen molar-refractivity contribution in [1.82, 2.24) is 9.55 Å². The first kappa shape index (κ1) is 17.7. The summed E-state index contributed by atoms with van der Waals surface area (Å²) in [6.45, 7) is 0.940. The molecule has 0 radical (unpaired) electrons. The number of fused-ring (bicyclic) bond motifs is 1. The lowest BCUT2D eigenvalue weighted by atomic mass is 10.1. The summed E-state index contributed by atoms with van der Waals surface area (Å²) in [5.74, 6) is 0.291. The molecule has 0 amide bonds. The molecule has 1 aromatic heterocycles. The average Bonchev–Trinajstić information content (AvgIpc) is 3.05. The topological polar surface area (TPSA) is 64.0 Å². The van der Waals surface area contributed by atoms with Crippen molar-refractivity contribution in [3.8, 4) is 11.3 Å². The summed E-state index contributed by atoms with van der Waals surface area (Å²) in [4.78, 5) is 4.69. The van der Waals surface area contributed by atoms with Gasteiger partial charge in [0.2, 0.25) is 10.0 Å². The third kappa shape index (κ3) is 4.03. The highest BCUT2D eigenvalue weighted by atomic mass is 32.2. The molecule has 2 aromatic carbocycles. The molecule has 140 valence electrons. The minimum absolute atomic E-state index is 0.293. The number of anilines is 1. The van der Waals surface area contributed by atoms with Crippen LogP contribution in [0.15, 0.2) is 54.7 Å². The van der Waals surface area contributed by atoms with Crippen LogP contribution in [-0.2, 0) is 28.7 Å². The van der Waals surface area contributed by atoms with Gasteiger partial charge in [0, 0.05) is 24.7 Å². The number of aromatic nitrogens is 2. The lowest BCUT2D eigenvalue weighted by Crippen LogP contribution is -2.15. The lowest BCUT2D eigenvalue weighted by molar-refractivity contribution is 0.522. The Kier molecular flexibility index (Phi) is 4.70. The summed E-state index contributed by atoms with van der Waals surface area (Å²) in [6, 6.07) is 12.8. The number of sulfonamides is 1. The SMILES string of the molecule is O=S(=O)(Cc1cccc(F)c1)Nc1ccccc1-c1cn2c(n1)CCCC2. The zero-order valence-electron chi connectivity index (χ0n) is 14.7. The van der Waals surface area contributed by atoms with Gasteiger partial charge in [-0.1, -0.05) is 30.3 Å². The lowest BCUT2D eigenvalue weighted by Gasteiger charge is -2.12. The molecule has 0 spiro atoms. The second kappa shape index (κ2) is 7.15. The number of imidazole rings is 1. The first-order valence-corrected chi connectivity index (χ1v) is 10.6. The smallest absolute Gasteiger partial charge is 0.236 e. The van der Waals surface area contributed by atoms with Gasteiger partial charge in [0.1, 0.15) is 11.6 Å². The maximum atomic E-state index is 13.3. The molecule has 0 atom stereocenters. The summed E-state index contributed by atoms with van der Waals surface area (Å²) < 4.78 is 43.3. The van der Waals surface area contributed by atoms with Gasteiger partial charge in [0.05, 0.1) is 17.1 Å². The number of hydrogen-bond donors (Lipinski definition) is 1. The molecule has 3 aromatic rings. The van der Waals surface area contributed by atoms with Crippen molar-refractivity contribution in [2.75, 3.05) is 4.72 Å². The molecule has 0 saturated carbocycles. The van der Waals surface area contributed by atoms with E-state index in [1.165, 1.54) is 18.2 Å². The van der Waals surface area contributed by atoms with Gasteiger partial charge in [-0.2, -0.15) is 0 Å². The number of hydrogen-bond acceptors (Lipinski definition) is 3. The van der Waals surface area contributed by atoms with E-state index in [0.29, 0.717) is 11.3 Å². The minimum atomic E-state index is -3.69. The number of aryl methyl sites for hydroxylation is 2. The van der Waals surface area contributed by atoms with Crippen molar-refractivity contribution in [2.45, 2.75) is 31.6 Å². The molecule has 4 rings (SSSR count). The van der Waals surface area contributed by atoms with E-state index in [9.17, 15) is 12.8 Å². The Morgan fingerprint density at radius 2 is 1.96 bits per heavy atom. The summed E-state index contributed by atoms with van der Waals surface area (Å²) in [5.41, 5.74) is 2.37. The summed E-state index contributed by atoms with van der Waals surface area (Å²) >= 11 is 0. The van der Waals surface area contributed by atoms with E-state index in [1.54, 1.807) is 18.2 Å². The highest BCUT2D eigenvalue weighted by Gasteiger charge is 2.18. The Balaban J connectivity index is 1.62. The van der Waals surface area contributed by atoms with E-state index in [2.05, 4.69) is 14.3 Å². The molecule has 0 bridgehead atoms. The van der Waals surface area contributed by atoms with Gasteiger partial charge in [0.15, 0.2) is 0 Å². The molecule has 27 heavy (non-hydrogen) atoms. The summed E-state index contributed by atoms with van der Waals surface area (Å²) in [5, 5.41) is 0. The molecule has 0 unspecified atom stereocenters. The van der Waals surface area contributed by atoms with Gasteiger partial charge in [-0.3, -0.25) is 4.72 Å². The largest absolute Gasteiger partial charge is 0.334 e. The third-order valence-corrected chi connectivity index (χ3v) is 5.87. The molecule has 0 aliphatic carbocycles. The van der Waals surface area contributed by atoms with E-state index in [-0.39, 0.29) is 5.75 Å². The van der Waals surface area contributed by atoms with E-state index in [1.807, 2.05) is 18.3 Å². The van der Waals surface area contributed by atoms with Crippen LogP contribution in [0.5, 0.6) is 0 Å². The average molecular weight is 385 g/mol. The number of benzene rings is 2. The van der Waals surface area contributed by atoms with Crippen LogP contribution in [0.25, 0.3) is 11.3 Å². The van der Waals surface area contributed by atoms with Crippen molar-refractivity contribution in [2.24, 2.45) is 0 Å². The second-order valence-corrected chi connectivity index (χ2v) is 8.45. The second-order valence-electron chi connectivity index (χ2n) is 6.73. The molecular weight excluding hydrogens is 365 g/mol. The predicted molar refractivity (Wildman–Crippen MR) is 103 cm³/mol. The molecule has 5 nitrogen and oxygen atoms in total. The zero-order chi connectivity index (χ0) is 18.9. The van der Waals surface area contributed by atoms with Crippen LogP contribution in [0, 0.1) is 5.82 Å². The zero-order valence-corrected chi connectivity index (χ0v) is 15.5. The van der Waals surface area contributed by atoms with E-state index >= 15 is 0 Å². The number of nitrogens with zero attached hydrogens (tertiary/aromatic N) is 2. The van der Waals surface area contributed by atoms with Crippen molar-refractivity contribution >= 4 is 15.7 Å². The first-order chi connectivity index (χ1) is 13.0. The molecule has 0 saturated heterocycles. The third-order valence-electron chi connectivity index (χ3n) is 4.62. The molecule has 0 fully saturated rings. The van der Waals surface area contributed by atoms with Gasteiger partial charge in [-0.25, -0.2) is 17.8 Å². The number of rotatable bonds is 5. The first-order valence-electron chi connectivity index (χ1n) is 8.90. The van der Waals surface area contributed by atoms with E-state index < -0.39 is 15.8 Å². The predicted octanol–water partition coefficient (Wildman–Crippen LogP) is 3.97. The number of nitrogens with one attached hydrogen (secondary N) is 1. The Morgan fingerprint density at radius 1 is 1.11 bits per heavy atom. The molecular formula is C20H20FN3O2S. The Hall–Kier alpha value is -2.67. The van der Waals surface area contributed by atoms with Crippen LogP contribution in [0.2, 0.25) is 0 Å². The molecule has 2 heterocycles. The normalized spacial score (nSPS) is 14.0. The van der Waals surface area contributed by atoms with Gasteiger partial charge >= 0.3 is 0 Å². The van der Waals surface area contributed by atoms with Gasteiger partial charge in [0.25, 0.3) is 0 Å². The minimum Gasteiger partial charge on any atom is -0.334 e. The van der Waals surface area contributed by atoms with Crippen molar-refractivity contribution in [1.29, 1.82) is 0 Å². The van der Waals surface area contributed by atoms with Crippen LogP contribution in [-0.4, -0.2) is 18.0 Å². The van der Waals surface area contributed by atoms with Crippen LogP contribution >= 0.6 is 0 Å². The van der Waals surface area contributed by atoms with Crippen LogP contribution in [0.1, 0.15) is 24.2 Å². The highest BCUT2D eigenvalue weighted by Crippen LogP contribution is 2.30. The number of para-hydroxylation sites is 1. The van der Waals surface area contributed by atoms with Crippen molar-refractivity contribution in [3.05, 3.63) is 71.9 Å². The fraction of sp³-hybridized carbons (Fsp3) is 0.250. The molecule has 1 aliphatic heterocycles. The maximum Gasteiger partial charge on any atom is 0.236 e. The van der Waals surface area contributed by atoms with Gasteiger partial charge < -0.3 is 4.57 Å². The van der Waals surface area contributed by atoms with Crippen LogP contribution in [0.3, 0.4) is 0 Å². The standard InChI is InChI=1S/C20H20FN3O2S/c21-16-7-5-6-15(12-16)14-27(25,26)23-18-9-2-1-8-17(18)19-13-24-11-4-3-10-20(24)22-19/h1-2,5-9,12-13,23H,3-4,10-11,14H2. The number of halogens is 1. The summed E-state index contributed by atoms with van der Waals surface area (Å²) in [7, 11) is -3.69. The van der Waals surface area contributed by atoms with E-state index in [4.69, 9.17) is 0 Å². The Labute approximate surface area is 157 Å². The van der Waals surface area contributed by atoms with Crippen molar-refractivity contribution < 1.29 is 12.8 Å². The van der Waals surface area contributed by atoms with Crippen LogP contribution < -0.4 is 4.72 Å². The molecule has 1 N–H and O–H groups in total. The van der Waals surface area contributed by atoms with Crippen molar-refractivity contribution in [3.63, 3.8) is 0 Å². The monoisotopic (exact) mass is 385 g/mol. The highest BCUT2D eigenvalue weighted by molar-refractivity contribution is 7.91. The fourth-order valence-corrected chi connectivity index (χ4v) is 4.59. The van der Waals surface area contributed by atoms with Gasteiger partial charge in [-0.05, 0) is 36.6 Å². The quantitative estimate of drug-likeness (QED) is 0.723. The maximum absolute atomic E-state index is 13.3. The molecule has 7 heteroatoms. The Morgan fingerprint density at radius 3 is 2.78 bits per heavy atom. The Bertz CT molecular complexity index is 1050. The summed E-state index contributed by atoms with van der Waals surface area (Å²) in [6.07, 6.45) is 5.17. The van der Waals surface area contributed by atoms with E-state index in [0.717, 1.165) is 42.9 Å². The molecule has 1 aliphatic rings. The van der Waals surface area contributed by atoms with Gasteiger partial charge in [-0.15, -0.1) is 0 Å². The van der Waals surface area contributed by atoms with Crippen LogP contribution in [0.4, 0.5) is 10.1 Å². The fourth-order valence-electron chi connectivity index (χ4n) is 3.39.